The molecule has 1 fully saturated rings. The number of hydrogen-bond acceptors (Lipinski definition) is 2. The fraction of sp³-hybridized carbons (Fsp3) is 0.538. The Kier molecular flexibility index (Phi) is 5.07. The molecule has 1 aliphatic rings. The molecule has 7 heteroatoms. The number of nitrogens with one attached hydrogen (secondary N) is 1. The fourth-order valence-electron chi connectivity index (χ4n) is 2.53. The molecule has 20 heavy (non-hydrogen) atoms. The molecule has 1 aromatic rings. The quantitative estimate of drug-likeness (QED) is 0.801. The van der Waals surface area contributed by atoms with Crippen LogP contribution >= 0.6 is 39.1 Å². The summed E-state index contributed by atoms with van der Waals surface area (Å²) in [6.45, 7) is 2.52. The second-order valence-corrected chi connectivity index (χ2v) is 8.97. The molecule has 1 saturated carbocycles. The molecule has 1 N–H and O–H groups in total. The molecule has 3 nitrogen and oxygen atoms in total. The minimum atomic E-state index is -3.70. The lowest BCUT2D eigenvalue weighted by Gasteiger charge is -2.24. The van der Waals surface area contributed by atoms with Crippen LogP contribution in [0.2, 0.25) is 10.0 Å². The van der Waals surface area contributed by atoms with E-state index in [9.17, 15) is 8.42 Å². The summed E-state index contributed by atoms with van der Waals surface area (Å²) >= 11 is 15.3. The predicted octanol–water partition coefficient (Wildman–Crippen LogP) is 4.61. The zero-order valence-corrected chi connectivity index (χ0v) is 15.0. The third-order valence-corrected chi connectivity index (χ3v) is 6.51. The first-order chi connectivity index (χ1) is 9.23. The van der Waals surface area contributed by atoms with Crippen molar-refractivity contribution in [3.8, 4) is 0 Å². The number of halogens is 3. The molecule has 112 valence electrons. The first kappa shape index (κ1) is 16.6. The molecule has 0 aliphatic heterocycles. The van der Waals surface area contributed by atoms with E-state index in [1.807, 2.05) is 0 Å². The average molecular weight is 401 g/mol. The van der Waals surface area contributed by atoms with Crippen molar-refractivity contribution < 1.29 is 8.42 Å². The molecule has 0 spiro atoms. The maximum absolute atomic E-state index is 12.4. The van der Waals surface area contributed by atoms with Crippen LogP contribution in [0.15, 0.2) is 21.5 Å². The summed E-state index contributed by atoms with van der Waals surface area (Å²) in [7, 11) is -3.70. The van der Waals surface area contributed by atoms with Crippen molar-refractivity contribution in [2.45, 2.75) is 37.5 Å². The lowest BCUT2D eigenvalue weighted by atomic mass is 9.89. The monoisotopic (exact) mass is 399 g/mol. The average Bonchev–Trinajstić information content (AvgIpc) is 2.73. The van der Waals surface area contributed by atoms with Crippen LogP contribution in [0.3, 0.4) is 0 Å². The summed E-state index contributed by atoms with van der Waals surface area (Å²) in [5.74, 6) is 0. The first-order valence-corrected chi connectivity index (χ1v) is 9.41. The van der Waals surface area contributed by atoms with E-state index in [0.29, 0.717) is 11.0 Å². The van der Waals surface area contributed by atoms with Gasteiger partial charge in [0, 0.05) is 11.0 Å². The third-order valence-electron chi connectivity index (χ3n) is 3.73. The molecule has 1 aromatic carbocycles. The number of rotatable bonds is 4. The van der Waals surface area contributed by atoms with E-state index in [2.05, 4.69) is 27.6 Å². The predicted molar refractivity (Wildman–Crippen MR) is 85.9 cm³/mol. The smallest absolute Gasteiger partial charge is 0.211 e. The van der Waals surface area contributed by atoms with Gasteiger partial charge in [-0.25, -0.2) is 13.1 Å². The highest BCUT2D eigenvalue weighted by atomic mass is 79.9. The molecule has 2 rings (SSSR count). The number of benzene rings is 1. The van der Waals surface area contributed by atoms with Gasteiger partial charge in [-0.05, 0) is 30.4 Å². The zero-order valence-electron chi connectivity index (χ0n) is 11.0. The van der Waals surface area contributed by atoms with Crippen molar-refractivity contribution in [3.63, 3.8) is 0 Å². The highest BCUT2D eigenvalue weighted by Crippen LogP contribution is 2.38. The summed E-state index contributed by atoms with van der Waals surface area (Å²) in [5, 5.41) is 0.238. The van der Waals surface area contributed by atoms with Gasteiger partial charge in [0.15, 0.2) is 0 Å². The Balaban J connectivity index is 2.23. The molecule has 1 aliphatic carbocycles. The second-order valence-electron chi connectivity index (χ2n) is 5.54. The van der Waals surface area contributed by atoms with Gasteiger partial charge in [-0.2, -0.15) is 0 Å². The molecule has 0 unspecified atom stereocenters. The van der Waals surface area contributed by atoms with Gasteiger partial charge in [-0.3, -0.25) is 0 Å². The molecule has 0 aromatic heterocycles. The van der Waals surface area contributed by atoms with Crippen molar-refractivity contribution in [2.75, 3.05) is 6.54 Å². The van der Waals surface area contributed by atoms with Crippen molar-refractivity contribution in [2.24, 2.45) is 5.41 Å². The van der Waals surface area contributed by atoms with Crippen molar-refractivity contribution in [3.05, 3.63) is 26.7 Å². The largest absolute Gasteiger partial charge is 0.243 e. The van der Waals surface area contributed by atoms with E-state index >= 15 is 0 Å². The van der Waals surface area contributed by atoms with Crippen LogP contribution in [0, 0.1) is 5.41 Å². The first-order valence-electron chi connectivity index (χ1n) is 6.38. The topological polar surface area (TPSA) is 46.2 Å². The Morgan fingerprint density at radius 3 is 2.25 bits per heavy atom. The molecular weight excluding hydrogens is 385 g/mol. The third kappa shape index (κ3) is 3.69. The minimum Gasteiger partial charge on any atom is -0.211 e. The SMILES string of the molecule is CC1(CNS(=O)(=O)c2c(Cl)cc(Br)cc2Cl)CCCC1. The second kappa shape index (κ2) is 6.13. The van der Waals surface area contributed by atoms with Crippen molar-refractivity contribution in [1.82, 2.24) is 4.72 Å². The van der Waals surface area contributed by atoms with Gasteiger partial charge in [-0.1, -0.05) is 58.9 Å². The van der Waals surface area contributed by atoms with Gasteiger partial charge in [0.1, 0.15) is 4.90 Å². The van der Waals surface area contributed by atoms with E-state index in [0.717, 1.165) is 25.7 Å². The van der Waals surface area contributed by atoms with Crippen LogP contribution in [0.5, 0.6) is 0 Å². The molecule has 0 radical (unpaired) electrons. The summed E-state index contributed by atoms with van der Waals surface area (Å²) in [6, 6.07) is 3.05. The van der Waals surface area contributed by atoms with Crippen molar-refractivity contribution >= 4 is 49.2 Å². The van der Waals surface area contributed by atoms with Crippen LogP contribution in [-0.2, 0) is 10.0 Å². The van der Waals surface area contributed by atoms with Gasteiger partial charge < -0.3 is 0 Å². The summed E-state index contributed by atoms with van der Waals surface area (Å²) in [5.41, 5.74) is 0.0292. The van der Waals surface area contributed by atoms with Crippen LogP contribution in [0.25, 0.3) is 0 Å². The van der Waals surface area contributed by atoms with Crippen LogP contribution < -0.4 is 4.72 Å². The number of sulfonamides is 1. The maximum Gasteiger partial charge on any atom is 0.243 e. The van der Waals surface area contributed by atoms with E-state index in [1.165, 1.54) is 12.1 Å². The Labute approximate surface area is 138 Å². The lowest BCUT2D eigenvalue weighted by Crippen LogP contribution is -2.34. The highest BCUT2D eigenvalue weighted by Gasteiger charge is 2.31. The van der Waals surface area contributed by atoms with Gasteiger partial charge in [0.2, 0.25) is 10.0 Å². The lowest BCUT2D eigenvalue weighted by molar-refractivity contribution is 0.336. The Morgan fingerprint density at radius 2 is 1.75 bits per heavy atom. The van der Waals surface area contributed by atoms with Gasteiger partial charge in [-0.15, -0.1) is 0 Å². The van der Waals surface area contributed by atoms with Crippen LogP contribution in [0.4, 0.5) is 0 Å². The van der Waals surface area contributed by atoms with E-state index in [4.69, 9.17) is 23.2 Å². The Morgan fingerprint density at radius 1 is 1.25 bits per heavy atom. The summed E-state index contributed by atoms with van der Waals surface area (Å²) < 4.78 is 28.1. The molecular formula is C13H16BrCl2NO2S. The summed E-state index contributed by atoms with van der Waals surface area (Å²) in [6.07, 6.45) is 4.38. The van der Waals surface area contributed by atoms with Crippen LogP contribution in [0.1, 0.15) is 32.6 Å². The van der Waals surface area contributed by atoms with Gasteiger partial charge in [0.05, 0.1) is 10.0 Å². The zero-order chi connectivity index (χ0) is 15.0. The highest BCUT2D eigenvalue weighted by molar-refractivity contribution is 9.10. The molecule has 0 amide bonds. The standard InChI is InChI=1S/C13H16BrCl2NO2S/c1-13(4-2-3-5-13)8-17-20(18,19)12-10(15)6-9(14)7-11(12)16/h6-7,17H,2-5,8H2,1H3. The van der Waals surface area contributed by atoms with Crippen LogP contribution in [-0.4, -0.2) is 15.0 Å². The maximum atomic E-state index is 12.4. The minimum absolute atomic E-state index is 0.0292. The number of hydrogen-bond donors (Lipinski definition) is 1. The normalized spacial score (nSPS) is 18.4. The molecule has 0 bridgehead atoms. The van der Waals surface area contributed by atoms with Gasteiger partial charge in [0.25, 0.3) is 0 Å². The summed E-state index contributed by atoms with van der Waals surface area (Å²) in [4.78, 5) is -0.0503. The van der Waals surface area contributed by atoms with E-state index in [-0.39, 0.29) is 20.4 Å². The van der Waals surface area contributed by atoms with Gasteiger partial charge >= 0.3 is 0 Å². The molecule has 0 heterocycles. The Hall–Kier alpha value is 0.190. The fourth-order valence-corrected chi connectivity index (χ4v) is 5.66. The van der Waals surface area contributed by atoms with E-state index < -0.39 is 10.0 Å². The molecule has 0 saturated heterocycles. The van der Waals surface area contributed by atoms with Crippen molar-refractivity contribution in [1.29, 1.82) is 0 Å². The Bertz CT molecular complexity index is 590. The van der Waals surface area contributed by atoms with E-state index in [1.54, 1.807) is 0 Å². The molecule has 0 atom stereocenters.